The van der Waals surface area contributed by atoms with Crippen LogP contribution in [0.3, 0.4) is 0 Å². The molecule has 0 aliphatic heterocycles. The predicted molar refractivity (Wildman–Crippen MR) is 78.1 cm³/mol. The van der Waals surface area contributed by atoms with Crippen molar-refractivity contribution in [2.45, 2.75) is 50.7 Å². The minimum Gasteiger partial charge on any atom is -0.394 e. The molecule has 1 saturated carbocycles. The summed E-state index contributed by atoms with van der Waals surface area (Å²) in [6, 6.07) is 0.687. The lowest BCUT2D eigenvalue weighted by atomic mass is 9.97. The summed E-state index contributed by atoms with van der Waals surface area (Å²) < 4.78 is 22.4. The Hall–Kier alpha value is -0.170. The van der Waals surface area contributed by atoms with E-state index in [2.05, 4.69) is 24.1 Å². The lowest BCUT2D eigenvalue weighted by Crippen LogP contribution is -2.50. The monoisotopic (exact) mass is 292 g/mol. The molecule has 0 saturated heterocycles. The third-order valence-electron chi connectivity index (χ3n) is 3.92. The number of rotatable bonds is 7. The maximum absolute atomic E-state index is 11.2. The van der Waals surface area contributed by atoms with Crippen molar-refractivity contribution in [1.29, 1.82) is 0 Å². The first-order valence-electron chi connectivity index (χ1n) is 6.94. The zero-order valence-corrected chi connectivity index (χ0v) is 13.3. The quantitative estimate of drug-likeness (QED) is 0.704. The Labute approximate surface area is 117 Å². The SMILES string of the molecule is CC(C)NC1(CO)CCC(N(C)CCS(C)(=O)=O)C1. The molecular weight excluding hydrogens is 264 g/mol. The molecule has 2 atom stereocenters. The summed E-state index contributed by atoms with van der Waals surface area (Å²) in [5.41, 5.74) is -0.196. The maximum Gasteiger partial charge on any atom is 0.148 e. The first-order chi connectivity index (χ1) is 8.67. The van der Waals surface area contributed by atoms with Gasteiger partial charge in [-0.25, -0.2) is 8.42 Å². The molecule has 0 aromatic rings. The van der Waals surface area contributed by atoms with Gasteiger partial charge in [0.05, 0.1) is 12.4 Å². The molecular formula is C13H28N2O3S. The van der Waals surface area contributed by atoms with E-state index >= 15 is 0 Å². The maximum atomic E-state index is 11.2. The molecule has 1 fully saturated rings. The fraction of sp³-hybridized carbons (Fsp3) is 1.00. The summed E-state index contributed by atoms with van der Waals surface area (Å²) in [5.74, 6) is 0.198. The molecule has 0 bridgehead atoms. The molecule has 0 amide bonds. The zero-order valence-electron chi connectivity index (χ0n) is 12.5. The highest BCUT2D eigenvalue weighted by molar-refractivity contribution is 7.90. The number of nitrogens with zero attached hydrogens (tertiary/aromatic N) is 1. The molecule has 0 radical (unpaired) electrons. The van der Waals surface area contributed by atoms with Gasteiger partial charge in [0.15, 0.2) is 0 Å². The van der Waals surface area contributed by atoms with Crippen LogP contribution in [0.15, 0.2) is 0 Å². The Morgan fingerprint density at radius 3 is 2.58 bits per heavy atom. The van der Waals surface area contributed by atoms with Gasteiger partial charge in [0.25, 0.3) is 0 Å². The second kappa shape index (κ2) is 6.52. The Morgan fingerprint density at radius 2 is 2.11 bits per heavy atom. The van der Waals surface area contributed by atoms with Gasteiger partial charge in [0.2, 0.25) is 0 Å². The summed E-state index contributed by atoms with van der Waals surface area (Å²) in [6.45, 7) is 4.87. The first-order valence-corrected chi connectivity index (χ1v) is 9.00. The molecule has 19 heavy (non-hydrogen) atoms. The summed E-state index contributed by atoms with van der Waals surface area (Å²) >= 11 is 0. The van der Waals surface area contributed by atoms with Gasteiger partial charge in [-0.05, 0) is 26.3 Å². The lowest BCUT2D eigenvalue weighted by molar-refractivity contribution is 0.143. The zero-order chi connectivity index (χ0) is 14.7. The van der Waals surface area contributed by atoms with E-state index in [1.807, 2.05) is 7.05 Å². The van der Waals surface area contributed by atoms with Crippen LogP contribution in [0, 0.1) is 0 Å². The summed E-state index contributed by atoms with van der Waals surface area (Å²) in [7, 11) is -0.938. The molecule has 114 valence electrons. The largest absolute Gasteiger partial charge is 0.394 e. The third-order valence-corrected chi connectivity index (χ3v) is 4.84. The first kappa shape index (κ1) is 16.9. The topological polar surface area (TPSA) is 69.6 Å². The van der Waals surface area contributed by atoms with E-state index in [0.29, 0.717) is 18.6 Å². The molecule has 0 heterocycles. The number of nitrogens with one attached hydrogen (secondary N) is 1. The highest BCUT2D eigenvalue weighted by Gasteiger charge is 2.40. The van der Waals surface area contributed by atoms with E-state index < -0.39 is 9.84 Å². The van der Waals surface area contributed by atoms with Crippen LogP contribution in [-0.2, 0) is 9.84 Å². The third kappa shape index (κ3) is 5.38. The number of sulfone groups is 1. The molecule has 1 aliphatic rings. The number of hydrogen-bond acceptors (Lipinski definition) is 5. The van der Waals surface area contributed by atoms with Gasteiger partial charge in [0.1, 0.15) is 9.84 Å². The minimum absolute atomic E-state index is 0.140. The Kier molecular flexibility index (Phi) is 5.79. The average molecular weight is 292 g/mol. The van der Waals surface area contributed by atoms with Gasteiger partial charge in [0, 0.05) is 30.4 Å². The van der Waals surface area contributed by atoms with Crippen LogP contribution in [0.5, 0.6) is 0 Å². The Bertz CT molecular complexity index is 383. The van der Waals surface area contributed by atoms with Crippen molar-refractivity contribution < 1.29 is 13.5 Å². The van der Waals surface area contributed by atoms with Crippen molar-refractivity contribution in [3.05, 3.63) is 0 Å². The van der Waals surface area contributed by atoms with Crippen LogP contribution >= 0.6 is 0 Å². The Balaban J connectivity index is 2.54. The van der Waals surface area contributed by atoms with Gasteiger partial charge < -0.3 is 15.3 Å². The van der Waals surface area contributed by atoms with Crippen LogP contribution < -0.4 is 5.32 Å². The van der Waals surface area contributed by atoms with Crippen LogP contribution in [0.4, 0.5) is 0 Å². The van der Waals surface area contributed by atoms with Crippen molar-refractivity contribution in [1.82, 2.24) is 10.2 Å². The highest BCUT2D eigenvalue weighted by atomic mass is 32.2. The van der Waals surface area contributed by atoms with E-state index in [1.54, 1.807) is 0 Å². The van der Waals surface area contributed by atoms with E-state index in [4.69, 9.17) is 0 Å². The van der Waals surface area contributed by atoms with Gasteiger partial charge >= 0.3 is 0 Å². The normalized spacial score (nSPS) is 28.5. The lowest BCUT2D eigenvalue weighted by Gasteiger charge is -2.32. The van der Waals surface area contributed by atoms with Gasteiger partial charge in [-0.1, -0.05) is 13.8 Å². The van der Waals surface area contributed by atoms with E-state index in [9.17, 15) is 13.5 Å². The van der Waals surface area contributed by atoms with Crippen molar-refractivity contribution in [2.24, 2.45) is 0 Å². The number of aliphatic hydroxyl groups excluding tert-OH is 1. The van der Waals surface area contributed by atoms with Crippen molar-refractivity contribution in [2.75, 3.05) is 32.2 Å². The molecule has 0 spiro atoms. The summed E-state index contributed by atoms with van der Waals surface area (Å²) in [5, 5.41) is 13.1. The fourth-order valence-corrected chi connectivity index (χ4v) is 3.52. The second-order valence-electron chi connectivity index (χ2n) is 6.24. The molecule has 0 aromatic heterocycles. The van der Waals surface area contributed by atoms with E-state index in [0.717, 1.165) is 19.3 Å². The van der Waals surface area contributed by atoms with Crippen molar-refractivity contribution in [3.8, 4) is 0 Å². The molecule has 1 aliphatic carbocycles. The predicted octanol–water partition coefficient (Wildman–Crippen LogP) is 0.244. The smallest absolute Gasteiger partial charge is 0.148 e. The van der Waals surface area contributed by atoms with Gasteiger partial charge in [-0.15, -0.1) is 0 Å². The molecule has 2 unspecified atom stereocenters. The standard InChI is InChI=1S/C13H28N2O3S/c1-11(2)14-13(10-16)6-5-12(9-13)15(3)7-8-19(4,17)18/h11-12,14,16H,5-10H2,1-4H3. The molecule has 5 nitrogen and oxygen atoms in total. The van der Waals surface area contributed by atoms with Crippen molar-refractivity contribution in [3.63, 3.8) is 0 Å². The van der Waals surface area contributed by atoms with Crippen LogP contribution in [0.25, 0.3) is 0 Å². The molecule has 2 N–H and O–H groups in total. The van der Waals surface area contributed by atoms with Crippen LogP contribution in [-0.4, -0.2) is 68.3 Å². The van der Waals surface area contributed by atoms with E-state index in [-0.39, 0.29) is 17.9 Å². The molecule has 6 heteroatoms. The molecule has 0 aromatic carbocycles. The van der Waals surface area contributed by atoms with Gasteiger partial charge in [-0.2, -0.15) is 0 Å². The van der Waals surface area contributed by atoms with Crippen LogP contribution in [0.1, 0.15) is 33.1 Å². The van der Waals surface area contributed by atoms with Crippen molar-refractivity contribution >= 4 is 9.84 Å². The van der Waals surface area contributed by atoms with E-state index in [1.165, 1.54) is 6.26 Å². The summed E-state index contributed by atoms with van der Waals surface area (Å²) in [6.07, 6.45) is 4.09. The number of aliphatic hydroxyl groups is 1. The minimum atomic E-state index is -2.91. The average Bonchev–Trinajstić information content (AvgIpc) is 2.69. The van der Waals surface area contributed by atoms with Crippen LogP contribution in [0.2, 0.25) is 0 Å². The number of hydrogen-bond donors (Lipinski definition) is 2. The summed E-state index contributed by atoms with van der Waals surface area (Å²) in [4.78, 5) is 2.11. The van der Waals surface area contributed by atoms with Gasteiger partial charge in [-0.3, -0.25) is 0 Å². The molecule has 1 rings (SSSR count). The fourth-order valence-electron chi connectivity index (χ4n) is 2.90. The second-order valence-corrected chi connectivity index (χ2v) is 8.50. The Morgan fingerprint density at radius 1 is 1.47 bits per heavy atom. The highest BCUT2D eigenvalue weighted by Crippen LogP contribution is 2.32.